The summed E-state index contributed by atoms with van der Waals surface area (Å²) < 4.78 is 0. The zero-order valence-electron chi connectivity index (χ0n) is 12.0. The van der Waals surface area contributed by atoms with Crippen LogP contribution in [0.2, 0.25) is 0 Å². The van der Waals surface area contributed by atoms with Gasteiger partial charge in [-0.2, -0.15) is 0 Å². The van der Waals surface area contributed by atoms with Gasteiger partial charge in [0, 0.05) is 6.54 Å². The van der Waals surface area contributed by atoms with E-state index < -0.39 is 12.0 Å². The number of carboxylic acid groups (broad SMARTS) is 1. The van der Waals surface area contributed by atoms with E-state index in [1.54, 1.807) is 0 Å². The van der Waals surface area contributed by atoms with Crippen molar-refractivity contribution >= 4 is 5.97 Å². The van der Waals surface area contributed by atoms with Gasteiger partial charge in [-0.25, -0.2) is 0 Å². The molecule has 1 atom stereocenters. The van der Waals surface area contributed by atoms with E-state index in [9.17, 15) is 9.90 Å². The number of carbonyl (C=O) groups is 1. The van der Waals surface area contributed by atoms with Crippen molar-refractivity contribution < 1.29 is 15.0 Å². The SMILES string of the molecule is Cc1cc(CNC(CC(C)C)C(=O)O)cc(C)c1O. The molecule has 0 heterocycles. The van der Waals surface area contributed by atoms with Gasteiger partial charge in [-0.3, -0.25) is 4.79 Å². The molecular weight excluding hydrogens is 242 g/mol. The number of rotatable bonds is 6. The Bertz CT molecular complexity index is 432. The summed E-state index contributed by atoms with van der Waals surface area (Å²) in [6, 6.07) is 3.22. The number of aromatic hydroxyl groups is 1. The fourth-order valence-electron chi connectivity index (χ4n) is 2.13. The molecule has 0 amide bonds. The van der Waals surface area contributed by atoms with Crippen molar-refractivity contribution in [3.8, 4) is 5.75 Å². The van der Waals surface area contributed by atoms with Crippen molar-refractivity contribution in [3.63, 3.8) is 0 Å². The van der Waals surface area contributed by atoms with Crippen molar-refractivity contribution in [2.75, 3.05) is 0 Å². The van der Waals surface area contributed by atoms with Gasteiger partial charge in [0.1, 0.15) is 11.8 Å². The summed E-state index contributed by atoms with van der Waals surface area (Å²) in [6.07, 6.45) is 0.603. The summed E-state index contributed by atoms with van der Waals surface area (Å²) in [5, 5.41) is 21.9. The molecule has 0 spiro atoms. The molecule has 0 saturated carbocycles. The predicted octanol–water partition coefficient (Wildman–Crippen LogP) is 2.60. The molecule has 4 nitrogen and oxygen atoms in total. The van der Waals surface area contributed by atoms with E-state index in [1.807, 2.05) is 39.8 Å². The second-order valence-electron chi connectivity index (χ2n) is 5.48. The van der Waals surface area contributed by atoms with E-state index in [-0.39, 0.29) is 0 Å². The first-order chi connectivity index (χ1) is 8.81. The van der Waals surface area contributed by atoms with Gasteiger partial charge in [0.25, 0.3) is 0 Å². The summed E-state index contributed by atoms with van der Waals surface area (Å²) >= 11 is 0. The minimum absolute atomic E-state index is 0.306. The van der Waals surface area contributed by atoms with Crippen molar-refractivity contribution in [1.82, 2.24) is 5.32 Å². The van der Waals surface area contributed by atoms with Crippen LogP contribution in [0.1, 0.15) is 37.0 Å². The lowest BCUT2D eigenvalue weighted by molar-refractivity contribution is -0.140. The minimum Gasteiger partial charge on any atom is -0.507 e. The Kier molecular flexibility index (Phi) is 5.36. The van der Waals surface area contributed by atoms with Gasteiger partial charge < -0.3 is 15.5 Å². The van der Waals surface area contributed by atoms with Crippen LogP contribution >= 0.6 is 0 Å². The maximum absolute atomic E-state index is 11.1. The van der Waals surface area contributed by atoms with Crippen LogP contribution in [-0.2, 0) is 11.3 Å². The van der Waals surface area contributed by atoms with Gasteiger partial charge in [0.2, 0.25) is 0 Å². The fraction of sp³-hybridized carbons (Fsp3) is 0.533. The average Bonchev–Trinajstić information content (AvgIpc) is 2.30. The van der Waals surface area contributed by atoms with Gasteiger partial charge in [0.05, 0.1) is 0 Å². The molecule has 0 aromatic heterocycles. The lowest BCUT2D eigenvalue weighted by atomic mass is 10.0. The van der Waals surface area contributed by atoms with Gasteiger partial charge in [-0.05, 0) is 42.9 Å². The highest BCUT2D eigenvalue weighted by molar-refractivity contribution is 5.73. The molecule has 1 aromatic carbocycles. The third-order valence-electron chi connectivity index (χ3n) is 3.11. The highest BCUT2D eigenvalue weighted by Crippen LogP contribution is 2.22. The summed E-state index contributed by atoms with van der Waals surface area (Å²) in [5.41, 5.74) is 2.61. The van der Waals surface area contributed by atoms with Gasteiger partial charge >= 0.3 is 5.97 Å². The maximum atomic E-state index is 11.1. The molecular formula is C15H23NO3. The van der Waals surface area contributed by atoms with Crippen LogP contribution in [0.4, 0.5) is 0 Å². The Morgan fingerprint density at radius 2 is 1.79 bits per heavy atom. The molecule has 3 N–H and O–H groups in total. The largest absolute Gasteiger partial charge is 0.507 e. The topological polar surface area (TPSA) is 69.6 Å². The number of carboxylic acids is 1. The Morgan fingerprint density at radius 3 is 2.21 bits per heavy atom. The standard InChI is InChI=1S/C15H23NO3/c1-9(2)5-13(15(18)19)16-8-12-6-10(3)14(17)11(4)7-12/h6-7,9,13,16-17H,5,8H2,1-4H3,(H,18,19). The number of nitrogens with one attached hydrogen (secondary N) is 1. The van der Waals surface area contributed by atoms with Crippen molar-refractivity contribution in [2.45, 2.75) is 46.7 Å². The Hall–Kier alpha value is -1.55. The molecule has 0 aliphatic rings. The molecule has 1 rings (SSSR count). The smallest absolute Gasteiger partial charge is 0.320 e. The number of benzene rings is 1. The highest BCUT2D eigenvalue weighted by Gasteiger charge is 2.18. The van der Waals surface area contributed by atoms with E-state index in [4.69, 9.17) is 5.11 Å². The van der Waals surface area contributed by atoms with Crippen molar-refractivity contribution in [1.29, 1.82) is 0 Å². The molecule has 0 fully saturated rings. The van der Waals surface area contributed by atoms with Crippen LogP contribution in [0.3, 0.4) is 0 Å². The first-order valence-corrected chi connectivity index (χ1v) is 6.56. The van der Waals surface area contributed by atoms with Gasteiger partial charge in [0.15, 0.2) is 0 Å². The van der Waals surface area contributed by atoms with Crippen molar-refractivity contribution in [3.05, 3.63) is 28.8 Å². The Morgan fingerprint density at radius 1 is 1.26 bits per heavy atom. The third-order valence-corrected chi connectivity index (χ3v) is 3.11. The number of aryl methyl sites for hydroxylation is 2. The minimum atomic E-state index is -0.819. The molecule has 4 heteroatoms. The zero-order valence-corrected chi connectivity index (χ0v) is 12.0. The number of hydrogen-bond donors (Lipinski definition) is 3. The van der Waals surface area contributed by atoms with E-state index in [0.29, 0.717) is 24.6 Å². The normalized spacial score (nSPS) is 12.7. The van der Waals surface area contributed by atoms with Crippen LogP contribution in [0, 0.1) is 19.8 Å². The van der Waals surface area contributed by atoms with Crippen LogP contribution in [-0.4, -0.2) is 22.2 Å². The molecule has 106 valence electrons. The van der Waals surface area contributed by atoms with Crippen LogP contribution in [0.5, 0.6) is 5.75 Å². The molecule has 19 heavy (non-hydrogen) atoms. The molecule has 1 unspecified atom stereocenters. The number of aliphatic carboxylic acids is 1. The zero-order chi connectivity index (χ0) is 14.6. The van der Waals surface area contributed by atoms with E-state index in [0.717, 1.165) is 16.7 Å². The number of hydrogen-bond acceptors (Lipinski definition) is 3. The Labute approximate surface area is 114 Å². The van der Waals surface area contributed by atoms with Crippen LogP contribution in [0.25, 0.3) is 0 Å². The summed E-state index contributed by atoms with van der Waals surface area (Å²) in [7, 11) is 0. The first kappa shape index (κ1) is 15.5. The van der Waals surface area contributed by atoms with Crippen LogP contribution < -0.4 is 5.32 Å². The predicted molar refractivity (Wildman–Crippen MR) is 75.3 cm³/mol. The summed E-state index contributed by atoms with van der Waals surface area (Å²) in [6.45, 7) is 8.19. The molecule has 0 radical (unpaired) electrons. The van der Waals surface area contributed by atoms with Crippen LogP contribution in [0.15, 0.2) is 12.1 Å². The quantitative estimate of drug-likeness (QED) is 0.739. The maximum Gasteiger partial charge on any atom is 0.320 e. The molecule has 0 aliphatic carbocycles. The molecule has 1 aromatic rings. The Balaban J connectivity index is 2.72. The second kappa shape index (κ2) is 6.57. The monoisotopic (exact) mass is 265 g/mol. The third kappa shape index (κ3) is 4.56. The van der Waals surface area contributed by atoms with Crippen molar-refractivity contribution in [2.24, 2.45) is 5.92 Å². The molecule has 0 saturated heterocycles. The molecule has 0 aliphatic heterocycles. The fourth-order valence-corrected chi connectivity index (χ4v) is 2.13. The highest BCUT2D eigenvalue weighted by atomic mass is 16.4. The summed E-state index contributed by atoms with van der Waals surface area (Å²) in [4.78, 5) is 11.1. The summed E-state index contributed by atoms with van der Waals surface area (Å²) in [5.74, 6) is -0.182. The van der Waals surface area contributed by atoms with E-state index in [2.05, 4.69) is 5.32 Å². The van der Waals surface area contributed by atoms with Gasteiger partial charge in [-0.1, -0.05) is 26.0 Å². The lowest BCUT2D eigenvalue weighted by Crippen LogP contribution is -2.37. The molecule has 0 bridgehead atoms. The van der Waals surface area contributed by atoms with E-state index >= 15 is 0 Å². The average molecular weight is 265 g/mol. The lowest BCUT2D eigenvalue weighted by Gasteiger charge is -2.17. The first-order valence-electron chi connectivity index (χ1n) is 6.56. The number of phenols is 1. The second-order valence-corrected chi connectivity index (χ2v) is 5.48. The van der Waals surface area contributed by atoms with E-state index in [1.165, 1.54) is 0 Å². The van der Waals surface area contributed by atoms with Gasteiger partial charge in [-0.15, -0.1) is 0 Å². The number of phenolic OH excluding ortho intramolecular Hbond substituents is 1.